The molecule has 1 aromatic carbocycles. The van der Waals surface area contributed by atoms with Crippen molar-refractivity contribution in [3.63, 3.8) is 0 Å². The third kappa shape index (κ3) is 4.66. The van der Waals surface area contributed by atoms with Crippen LogP contribution in [0.3, 0.4) is 0 Å². The molecule has 1 N–H and O–H groups in total. The molecule has 24 heavy (non-hydrogen) atoms. The topological polar surface area (TPSA) is 20.2 Å². The van der Waals surface area contributed by atoms with Gasteiger partial charge in [-0.2, -0.15) is 0 Å². The highest BCUT2D eigenvalue weighted by molar-refractivity contribution is 5.86. The number of nitrogens with one attached hydrogen (secondary N) is 1. The molecule has 136 valence electrons. The Morgan fingerprint density at radius 3 is 2.38 bits per heavy atom. The van der Waals surface area contributed by atoms with E-state index >= 15 is 0 Å². The molecule has 0 aliphatic carbocycles. The summed E-state index contributed by atoms with van der Waals surface area (Å²) < 4.78 is 2.29. The fourth-order valence-electron chi connectivity index (χ4n) is 3.66. The van der Waals surface area contributed by atoms with Gasteiger partial charge in [0.15, 0.2) is 0 Å². The van der Waals surface area contributed by atoms with Crippen LogP contribution in [0.1, 0.15) is 38.3 Å². The summed E-state index contributed by atoms with van der Waals surface area (Å²) in [7, 11) is 2.17. The summed E-state index contributed by atoms with van der Waals surface area (Å²) in [6, 6.07) is 9.38. The molecule has 0 radical (unpaired) electrons. The van der Waals surface area contributed by atoms with Crippen LogP contribution in [-0.2, 0) is 7.05 Å². The van der Waals surface area contributed by atoms with Gasteiger partial charge < -0.3 is 9.88 Å². The first-order valence-corrected chi connectivity index (χ1v) is 8.65. The molecule has 2 aromatic rings. The van der Waals surface area contributed by atoms with Crippen molar-refractivity contribution in [3.05, 3.63) is 36.0 Å². The Hall–Kier alpha value is -0.740. The lowest BCUT2D eigenvalue weighted by Gasteiger charge is -2.35. The minimum Gasteiger partial charge on any atom is -0.350 e. The summed E-state index contributed by atoms with van der Waals surface area (Å²) in [5, 5.41) is 4.91. The zero-order chi connectivity index (χ0) is 15.5. The van der Waals surface area contributed by atoms with E-state index in [1.165, 1.54) is 29.3 Å². The average Bonchev–Trinajstić information content (AvgIpc) is 2.86. The molecule has 1 saturated heterocycles. The maximum absolute atomic E-state index is 3.48. The maximum atomic E-state index is 3.48. The van der Waals surface area contributed by atoms with Gasteiger partial charge in [0.2, 0.25) is 0 Å². The summed E-state index contributed by atoms with van der Waals surface area (Å²) in [5.74, 6) is 0.764. The van der Waals surface area contributed by atoms with Crippen molar-refractivity contribution >= 4 is 35.7 Å². The lowest BCUT2D eigenvalue weighted by molar-refractivity contribution is 0.160. The fraction of sp³-hybridized carbons (Fsp3) is 0.579. The third-order valence-corrected chi connectivity index (χ3v) is 4.90. The maximum Gasteiger partial charge on any atom is 0.0481 e. The number of para-hydroxylation sites is 1. The molecule has 0 unspecified atom stereocenters. The number of aromatic nitrogens is 1. The van der Waals surface area contributed by atoms with Crippen LogP contribution in [0.2, 0.25) is 0 Å². The van der Waals surface area contributed by atoms with Crippen LogP contribution in [0.25, 0.3) is 10.9 Å². The van der Waals surface area contributed by atoms with Crippen molar-refractivity contribution < 1.29 is 0 Å². The second kappa shape index (κ2) is 9.67. The number of aryl methyl sites for hydroxylation is 1. The molecule has 0 spiro atoms. The van der Waals surface area contributed by atoms with Gasteiger partial charge >= 0.3 is 0 Å². The summed E-state index contributed by atoms with van der Waals surface area (Å²) in [5.41, 5.74) is 2.86. The van der Waals surface area contributed by atoms with Crippen molar-refractivity contribution in [3.8, 4) is 0 Å². The standard InChI is InChI=1S/C19H29N3.2ClH/c1-15(2)8-9-19(22-12-10-20-11-13-22)17-14-21(3)18-7-5-4-6-16(17)18;;/h4-7,14-15,19-20H,8-13H2,1-3H3;2*1H/t19-;;/m0../s1. The van der Waals surface area contributed by atoms with E-state index in [0.717, 1.165) is 32.1 Å². The van der Waals surface area contributed by atoms with Gasteiger partial charge in [-0.25, -0.2) is 0 Å². The van der Waals surface area contributed by atoms with E-state index in [2.05, 4.69) is 66.1 Å². The molecule has 3 nitrogen and oxygen atoms in total. The Morgan fingerprint density at radius 1 is 1.04 bits per heavy atom. The van der Waals surface area contributed by atoms with Crippen molar-refractivity contribution in [2.24, 2.45) is 13.0 Å². The third-order valence-electron chi connectivity index (χ3n) is 4.90. The first kappa shape index (κ1) is 21.3. The van der Waals surface area contributed by atoms with Gasteiger partial charge in [0.05, 0.1) is 0 Å². The van der Waals surface area contributed by atoms with Crippen LogP contribution in [0.4, 0.5) is 0 Å². The predicted molar refractivity (Wildman–Crippen MR) is 109 cm³/mol. The highest BCUT2D eigenvalue weighted by Gasteiger charge is 2.25. The van der Waals surface area contributed by atoms with Crippen LogP contribution in [0.15, 0.2) is 30.5 Å². The number of piperazine rings is 1. The SMILES string of the molecule is CC(C)CC[C@@H](c1cn(C)c2ccccc12)N1CCNCC1.Cl.Cl. The molecular weight excluding hydrogens is 341 g/mol. The Bertz CT molecular complexity index is 618. The zero-order valence-electron chi connectivity index (χ0n) is 15.0. The van der Waals surface area contributed by atoms with Crippen molar-refractivity contribution in [2.75, 3.05) is 26.2 Å². The molecule has 0 bridgehead atoms. The number of hydrogen-bond donors (Lipinski definition) is 1. The minimum atomic E-state index is 0. The van der Waals surface area contributed by atoms with E-state index in [-0.39, 0.29) is 24.8 Å². The van der Waals surface area contributed by atoms with Crippen molar-refractivity contribution in [2.45, 2.75) is 32.7 Å². The molecule has 5 heteroatoms. The Kier molecular flexibility index (Phi) is 8.58. The van der Waals surface area contributed by atoms with E-state index in [1.54, 1.807) is 0 Å². The normalized spacial score (nSPS) is 16.7. The Labute approximate surface area is 158 Å². The molecule has 1 aliphatic heterocycles. The van der Waals surface area contributed by atoms with Crippen molar-refractivity contribution in [1.82, 2.24) is 14.8 Å². The van der Waals surface area contributed by atoms with Crippen LogP contribution >= 0.6 is 24.8 Å². The Balaban J connectivity index is 0.00000144. The fourth-order valence-corrected chi connectivity index (χ4v) is 3.66. The quantitative estimate of drug-likeness (QED) is 0.839. The summed E-state index contributed by atoms with van der Waals surface area (Å²) in [6.45, 7) is 9.21. The summed E-state index contributed by atoms with van der Waals surface area (Å²) in [4.78, 5) is 2.68. The molecule has 1 atom stereocenters. The zero-order valence-corrected chi connectivity index (χ0v) is 16.6. The monoisotopic (exact) mass is 371 g/mol. The molecule has 1 aliphatic rings. The van der Waals surface area contributed by atoms with E-state index in [4.69, 9.17) is 0 Å². The highest BCUT2D eigenvalue weighted by atomic mass is 35.5. The molecule has 3 rings (SSSR count). The number of fused-ring (bicyclic) bond motifs is 1. The van der Waals surface area contributed by atoms with Gasteiger partial charge in [-0.15, -0.1) is 24.8 Å². The van der Waals surface area contributed by atoms with Crippen LogP contribution in [0, 0.1) is 5.92 Å². The number of benzene rings is 1. The van der Waals surface area contributed by atoms with Gasteiger partial charge in [0.1, 0.15) is 0 Å². The van der Waals surface area contributed by atoms with E-state index in [0.29, 0.717) is 6.04 Å². The average molecular weight is 372 g/mol. The number of halogens is 2. The molecule has 1 fully saturated rings. The van der Waals surface area contributed by atoms with E-state index in [9.17, 15) is 0 Å². The van der Waals surface area contributed by atoms with Crippen LogP contribution in [-0.4, -0.2) is 35.6 Å². The number of rotatable bonds is 5. The van der Waals surface area contributed by atoms with Gasteiger partial charge in [0, 0.05) is 56.4 Å². The second-order valence-electron chi connectivity index (χ2n) is 6.99. The van der Waals surface area contributed by atoms with Crippen molar-refractivity contribution in [1.29, 1.82) is 0 Å². The first-order valence-electron chi connectivity index (χ1n) is 8.65. The summed E-state index contributed by atoms with van der Waals surface area (Å²) >= 11 is 0. The number of nitrogens with zero attached hydrogens (tertiary/aromatic N) is 2. The second-order valence-corrected chi connectivity index (χ2v) is 6.99. The van der Waals surface area contributed by atoms with Gasteiger partial charge in [-0.1, -0.05) is 32.0 Å². The van der Waals surface area contributed by atoms with Gasteiger partial charge in [-0.3, -0.25) is 4.90 Å². The van der Waals surface area contributed by atoms with E-state index in [1.807, 2.05) is 0 Å². The highest BCUT2D eigenvalue weighted by Crippen LogP contribution is 2.33. The lowest BCUT2D eigenvalue weighted by Crippen LogP contribution is -2.45. The lowest BCUT2D eigenvalue weighted by atomic mass is 9.95. The molecule has 2 heterocycles. The molecule has 0 saturated carbocycles. The van der Waals surface area contributed by atoms with Crippen LogP contribution in [0.5, 0.6) is 0 Å². The first-order chi connectivity index (χ1) is 10.7. The van der Waals surface area contributed by atoms with Crippen LogP contribution < -0.4 is 5.32 Å². The molecule has 1 aromatic heterocycles. The minimum absolute atomic E-state index is 0. The Morgan fingerprint density at radius 2 is 1.71 bits per heavy atom. The summed E-state index contributed by atoms with van der Waals surface area (Å²) in [6.07, 6.45) is 4.90. The van der Waals surface area contributed by atoms with E-state index < -0.39 is 0 Å². The molecular formula is C19H31Cl2N3. The predicted octanol–water partition coefficient (Wildman–Crippen LogP) is 4.40. The molecule has 0 amide bonds. The number of hydrogen-bond acceptors (Lipinski definition) is 2. The van der Waals surface area contributed by atoms with Gasteiger partial charge in [0.25, 0.3) is 0 Å². The van der Waals surface area contributed by atoms with Gasteiger partial charge in [-0.05, 0) is 30.4 Å². The largest absolute Gasteiger partial charge is 0.350 e. The smallest absolute Gasteiger partial charge is 0.0481 e.